The van der Waals surface area contributed by atoms with Crippen LogP contribution in [0.15, 0.2) is 10.6 Å². The average Bonchev–Trinajstić information content (AvgIpc) is 3.07. The zero-order valence-corrected chi connectivity index (χ0v) is 11.1. The molecule has 8 nitrogen and oxygen atoms in total. The summed E-state index contributed by atoms with van der Waals surface area (Å²) in [4.78, 5) is 35.5. The minimum atomic E-state index is -0.973. The van der Waals surface area contributed by atoms with Gasteiger partial charge in [0, 0.05) is 13.1 Å². The molecule has 1 aromatic heterocycles. The van der Waals surface area contributed by atoms with Gasteiger partial charge in [0.05, 0.1) is 18.4 Å². The van der Waals surface area contributed by atoms with Crippen LogP contribution in [0.4, 0.5) is 5.82 Å². The zero-order chi connectivity index (χ0) is 14.9. The van der Waals surface area contributed by atoms with Crippen LogP contribution in [0, 0.1) is 18.8 Å². The van der Waals surface area contributed by atoms with Gasteiger partial charge in [-0.15, -0.1) is 0 Å². The highest BCUT2D eigenvalue weighted by molar-refractivity contribution is 5.95. The molecular weight excluding hydrogens is 266 g/mol. The van der Waals surface area contributed by atoms with Crippen molar-refractivity contribution < 1.29 is 24.0 Å². The summed E-state index contributed by atoms with van der Waals surface area (Å²) in [6.07, 6.45) is 0.336. The largest absolute Gasteiger partial charge is 0.481 e. The van der Waals surface area contributed by atoms with E-state index in [1.807, 2.05) is 0 Å². The number of carboxylic acids is 1. The molecule has 8 heteroatoms. The van der Waals surface area contributed by atoms with Crippen LogP contribution in [0.2, 0.25) is 0 Å². The van der Waals surface area contributed by atoms with Gasteiger partial charge in [0.15, 0.2) is 5.82 Å². The van der Waals surface area contributed by atoms with Gasteiger partial charge < -0.3 is 19.8 Å². The Morgan fingerprint density at radius 2 is 2.20 bits per heavy atom. The first-order valence-corrected chi connectivity index (χ1v) is 6.09. The number of aliphatic carboxylic acids is 1. The van der Waals surface area contributed by atoms with Crippen LogP contribution < -0.4 is 5.32 Å². The summed E-state index contributed by atoms with van der Waals surface area (Å²) in [5.41, 5.74) is 0. The Labute approximate surface area is 114 Å². The Kier molecular flexibility index (Phi) is 3.73. The Balaban J connectivity index is 1.82. The van der Waals surface area contributed by atoms with Crippen LogP contribution in [0.3, 0.4) is 0 Å². The Bertz CT molecular complexity index is 553. The van der Waals surface area contributed by atoms with Crippen molar-refractivity contribution in [1.29, 1.82) is 0 Å². The molecule has 1 aliphatic carbocycles. The second kappa shape index (κ2) is 5.32. The first-order chi connectivity index (χ1) is 9.38. The molecule has 2 amide bonds. The maximum atomic E-state index is 11.9. The van der Waals surface area contributed by atoms with Crippen LogP contribution in [0.5, 0.6) is 0 Å². The maximum Gasteiger partial charge on any atom is 0.307 e. The van der Waals surface area contributed by atoms with Gasteiger partial charge in [-0.05, 0) is 13.3 Å². The fourth-order valence-corrected chi connectivity index (χ4v) is 1.92. The van der Waals surface area contributed by atoms with Crippen molar-refractivity contribution in [2.45, 2.75) is 13.3 Å². The number of hydrogen-bond acceptors (Lipinski definition) is 5. The summed E-state index contributed by atoms with van der Waals surface area (Å²) in [5.74, 6) is -2.01. The average molecular weight is 281 g/mol. The molecule has 1 saturated carbocycles. The van der Waals surface area contributed by atoms with E-state index in [2.05, 4.69) is 10.5 Å². The first kappa shape index (κ1) is 14.0. The third-order valence-electron chi connectivity index (χ3n) is 3.08. The lowest BCUT2D eigenvalue weighted by molar-refractivity contribution is -0.141. The van der Waals surface area contributed by atoms with Crippen molar-refractivity contribution in [3.05, 3.63) is 11.8 Å². The number of aromatic nitrogens is 1. The van der Waals surface area contributed by atoms with Crippen molar-refractivity contribution in [3.8, 4) is 0 Å². The highest BCUT2D eigenvalue weighted by Crippen LogP contribution is 2.39. The number of nitrogens with zero attached hydrogens (tertiary/aromatic N) is 2. The molecule has 108 valence electrons. The van der Waals surface area contributed by atoms with Gasteiger partial charge in [-0.1, -0.05) is 5.16 Å². The minimum absolute atomic E-state index is 0.159. The standard InChI is InChI=1S/C12H15N3O5/c1-6-3-9(14-20-6)13-10(16)5-15(2)11(17)7-4-8(7)12(18)19/h3,7-8H,4-5H2,1-2H3,(H,18,19)(H,13,14,16). The quantitative estimate of drug-likeness (QED) is 0.791. The summed E-state index contributed by atoms with van der Waals surface area (Å²) < 4.78 is 4.80. The topological polar surface area (TPSA) is 113 Å². The van der Waals surface area contributed by atoms with Gasteiger partial charge in [-0.25, -0.2) is 0 Å². The van der Waals surface area contributed by atoms with Crippen LogP contribution in [-0.4, -0.2) is 46.5 Å². The van der Waals surface area contributed by atoms with E-state index in [1.54, 1.807) is 13.0 Å². The van der Waals surface area contributed by atoms with Crippen molar-refractivity contribution in [2.75, 3.05) is 18.9 Å². The molecule has 20 heavy (non-hydrogen) atoms. The Morgan fingerprint density at radius 3 is 2.70 bits per heavy atom. The lowest BCUT2D eigenvalue weighted by Gasteiger charge is -2.15. The smallest absolute Gasteiger partial charge is 0.307 e. The molecule has 2 unspecified atom stereocenters. The number of nitrogens with one attached hydrogen (secondary N) is 1. The number of amides is 2. The van der Waals surface area contributed by atoms with Gasteiger partial charge in [-0.3, -0.25) is 14.4 Å². The molecule has 1 fully saturated rings. The molecule has 1 heterocycles. The summed E-state index contributed by atoms with van der Waals surface area (Å²) in [7, 11) is 1.47. The van der Waals surface area contributed by atoms with E-state index >= 15 is 0 Å². The predicted octanol–water partition coefficient (Wildman–Crippen LogP) is 0.101. The molecule has 0 aromatic carbocycles. The van der Waals surface area contributed by atoms with Gasteiger partial charge >= 0.3 is 5.97 Å². The number of rotatable bonds is 5. The van der Waals surface area contributed by atoms with Gasteiger partial charge in [-0.2, -0.15) is 0 Å². The summed E-state index contributed by atoms with van der Waals surface area (Å²) in [6, 6.07) is 1.56. The Morgan fingerprint density at radius 1 is 1.50 bits per heavy atom. The number of aryl methyl sites for hydroxylation is 1. The van der Waals surface area contributed by atoms with E-state index in [0.717, 1.165) is 0 Å². The van der Waals surface area contributed by atoms with Crippen molar-refractivity contribution >= 4 is 23.6 Å². The molecule has 0 spiro atoms. The number of carbonyl (C=O) groups excluding carboxylic acids is 2. The summed E-state index contributed by atoms with van der Waals surface area (Å²) in [6.45, 7) is 1.53. The van der Waals surface area contributed by atoms with Crippen molar-refractivity contribution in [2.24, 2.45) is 11.8 Å². The van der Waals surface area contributed by atoms with E-state index < -0.39 is 23.7 Å². The van der Waals surface area contributed by atoms with E-state index in [1.165, 1.54) is 11.9 Å². The van der Waals surface area contributed by atoms with E-state index in [0.29, 0.717) is 12.2 Å². The van der Waals surface area contributed by atoms with Gasteiger partial charge in [0.25, 0.3) is 0 Å². The lowest BCUT2D eigenvalue weighted by Crippen LogP contribution is -2.36. The van der Waals surface area contributed by atoms with Gasteiger partial charge in [0.2, 0.25) is 11.8 Å². The molecule has 1 aliphatic rings. The fourth-order valence-electron chi connectivity index (χ4n) is 1.92. The normalized spacial score (nSPS) is 20.3. The van der Waals surface area contributed by atoms with E-state index in [9.17, 15) is 14.4 Å². The number of anilines is 1. The van der Waals surface area contributed by atoms with Gasteiger partial charge in [0.1, 0.15) is 5.76 Å². The molecule has 1 aromatic rings. The maximum absolute atomic E-state index is 11.9. The molecule has 2 rings (SSSR count). The second-order valence-corrected chi connectivity index (χ2v) is 4.85. The van der Waals surface area contributed by atoms with Crippen LogP contribution in [-0.2, 0) is 14.4 Å². The molecule has 2 N–H and O–H groups in total. The second-order valence-electron chi connectivity index (χ2n) is 4.85. The SMILES string of the molecule is Cc1cc(NC(=O)CN(C)C(=O)C2CC2C(=O)O)no1. The van der Waals surface area contributed by atoms with Crippen LogP contribution in [0.1, 0.15) is 12.2 Å². The number of likely N-dealkylation sites (N-methyl/N-ethyl adjacent to an activating group) is 1. The van der Waals surface area contributed by atoms with E-state index in [-0.39, 0.29) is 18.3 Å². The number of carbonyl (C=O) groups is 3. The monoisotopic (exact) mass is 281 g/mol. The van der Waals surface area contributed by atoms with Crippen molar-refractivity contribution in [3.63, 3.8) is 0 Å². The van der Waals surface area contributed by atoms with Crippen LogP contribution in [0.25, 0.3) is 0 Å². The third-order valence-corrected chi connectivity index (χ3v) is 3.08. The Hall–Kier alpha value is -2.38. The number of hydrogen-bond donors (Lipinski definition) is 2. The lowest BCUT2D eigenvalue weighted by atomic mass is 10.3. The molecule has 0 aliphatic heterocycles. The molecule has 0 radical (unpaired) electrons. The summed E-state index contributed by atoms with van der Waals surface area (Å²) >= 11 is 0. The van der Waals surface area contributed by atoms with Crippen LogP contribution >= 0.6 is 0 Å². The highest BCUT2D eigenvalue weighted by atomic mass is 16.5. The first-order valence-electron chi connectivity index (χ1n) is 6.09. The van der Waals surface area contributed by atoms with E-state index in [4.69, 9.17) is 9.63 Å². The zero-order valence-electron chi connectivity index (χ0n) is 11.1. The third kappa shape index (κ3) is 3.14. The molecule has 2 atom stereocenters. The predicted molar refractivity (Wildman–Crippen MR) is 66.7 cm³/mol. The molecule has 0 bridgehead atoms. The molecule has 0 saturated heterocycles. The highest BCUT2D eigenvalue weighted by Gasteiger charge is 2.49. The molecular formula is C12H15N3O5. The minimum Gasteiger partial charge on any atom is -0.481 e. The fraction of sp³-hybridized carbons (Fsp3) is 0.500. The summed E-state index contributed by atoms with van der Waals surface area (Å²) in [5, 5.41) is 14.9. The number of carboxylic acid groups (broad SMARTS) is 1. The van der Waals surface area contributed by atoms with Crippen molar-refractivity contribution in [1.82, 2.24) is 10.1 Å².